The maximum atomic E-state index is 12.7. The number of unbranched alkanes of at least 4 members (excludes halogenated alkanes) is 7. The third kappa shape index (κ3) is 39.5. The molecule has 0 radical (unpaired) electrons. The fourth-order valence-electron chi connectivity index (χ4n) is 5.87. The number of rotatable bonds is 39. The zero-order chi connectivity index (χ0) is 44.2. The normalized spacial score (nSPS) is 13.9. The van der Waals surface area contributed by atoms with Crippen LogP contribution in [0.1, 0.15) is 149 Å². The van der Waals surface area contributed by atoms with Gasteiger partial charge in [0.05, 0.1) is 34.4 Å². The second-order valence-electron chi connectivity index (χ2n) is 15.9. The number of carboxylic acid groups (broad SMARTS) is 1. The van der Waals surface area contributed by atoms with Gasteiger partial charge in [-0.15, -0.1) is 0 Å². The second-order valence-corrected chi connectivity index (χ2v) is 15.9. The molecule has 1 N–H and O–H groups in total. The summed E-state index contributed by atoms with van der Waals surface area (Å²) in [5, 5.41) is 9.63. The third-order valence-electron chi connectivity index (χ3n) is 9.41. The molecular weight excluding hydrogens is 751 g/mol. The van der Waals surface area contributed by atoms with Gasteiger partial charge in [0.25, 0.3) is 0 Å². The quantitative estimate of drug-likeness (QED) is 0.0285. The van der Waals surface area contributed by atoms with Crippen LogP contribution in [0.5, 0.6) is 0 Å². The summed E-state index contributed by atoms with van der Waals surface area (Å²) in [6.45, 7) is 4.47. The van der Waals surface area contributed by atoms with Crippen molar-refractivity contribution in [2.75, 3.05) is 41.0 Å². The maximum absolute atomic E-state index is 12.7. The van der Waals surface area contributed by atoms with Gasteiger partial charge in [-0.3, -0.25) is 9.59 Å². The second kappa shape index (κ2) is 41.7. The molecule has 8 nitrogen and oxygen atoms in total. The fourth-order valence-corrected chi connectivity index (χ4v) is 5.87. The van der Waals surface area contributed by atoms with Crippen LogP contribution < -0.4 is 0 Å². The number of ether oxygens (including phenoxy) is 3. The van der Waals surface area contributed by atoms with Crippen LogP contribution in [0, 0.1) is 0 Å². The van der Waals surface area contributed by atoms with Gasteiger partial charge in [-0.05, 0) is 96.3 Å². The number of likely N-dealkylation sites (N-methyl/N-ethyl adjacent to an activating group) is 1. The fraction of sp³-hybridized carbons (Fsp3) is 0.596. The van der Waals surface area contributed by atoms with Gasteiger partial charge in [0.2, 0.25) is 0 Å². The lowest BCUT2D eigenvalue weighted by molar-refractivity contribution is -0.887. The van der Waals surface area contributed by atoms with E-state index in [4.69, 9.17) is 14.2 Å². The molecule has 0 aliphatic heterocycles. The highest BCUT2D eigenvalue weighted by molar-refractivity contribution is 5.72. The molecule has 0 aliphatic carbocycles. The lowest BCUT2D eigenvalue weighted by Gasteiger charge is -2.31. The Kier molecular flexibility index (Phi) is 38.9. The van der Waals surface area contributed by atoms with Gasteiger partial charge in [-0.2, -0.15) is 0 Å². The first kappa shape index (κ1) is 56.0. The molecule has 0 aliphatic rings. The van der Waals surface area contributed by atoms with E-state index >= 15 is 0 Å². The van der Waals surface area contributed by atoms with Crippen LogP contribution in [-0.2, 0) is 28.6 Å². The Bertz CT molecular complexity index is 1340. The number of hydrogen-bond donors (Lipinski definition) is 1. The Labute approximate surface area is 366 Å². The summed E-state index contributed by atoms with van der Waals surface area (Å²) in [5.74, 6) is -1.60. The van der Waals surface area contributed by atoms with Crippen molar-refractivity contribution in [1.29, 1.82) is 0 Å². The number of hydrogen-bond acceptors (Lipinski definition) is 6. The molecule has 0 bridgehead atoms. The molecule has 338 valence electrons. The Morgan fingerprint density at radius 2 is 0.950 bits per heavy atom. The number of aliphatic carboxylic acids is 1. The van der Waals surface area contributed by atoms with Crippen molar-refractivity contribution < 1.29 is 38.2 Å². The van der Waals surface area contributed by atoms with Gasteiger partial charge in [0.1, 0.15) is 6.61 Å². The summed E-state index contributed by atoms with van der Waals surface area (Å²) < 4.78 is 17.2. The Hall–Kier alpha value is -4.01. The molecule has 0 aromatic rings. The number of allylic oxidation sites excluding steroid dienone is 18. The van der Waals surface area contributed by atoms with Crippen LogP contribution in [-0.4, -0.2) is 80.6 Å². The molecule has 0 aromatic carbocycles. The summed E-state index contributed by atoms with van der Waals surface area (Å²) in [4.78, 5) is 37.0. The Morgan fingerprint density at radius 1 is 0.517 bits per heavy atom. The van der Waals surface area contributed by atoms with Crippen molar-refractivity contribution >= 4 is 17.9 Å². The summed E-state index contributed by atoms with van der Waals surface area (Å²) in [7, 11) is 5.49. The monoisotopic (exact) mass is 835 g/mol. The lowest BCUT2D eigenvalue weighted by atomic mass is 10.1. The largest absolute Gasteiger partial charge is 0.477 e. The van der Waals surface area contributed by atoms with E-state index in [2.05, 4.69) is 123 Å². The SMILES string of the molecule is CC/C=C/C/C=C/C/C=C/C/C=C/C/C=C/CCCCCC(=O)OC(COCCC(C(=O)O)[N+](C)(C)C)COC(=O)CCC/C=C/C/C=C/C/C=C/C/C=C/CCCCC. The van der Waals surface area contributed by atoms with E-state index in [1.54, 1.807) is 0 Å². The van der Waals surface area contributed by atoms with Gasteiger partial charge in [-0.25, -0.2) is 4.79 Å². The van der Waals surface area contributed by atoms with Crippen molar-refractivity contribution in [3.63, 3.8) is 0 Å². The molecule has 0 rings (SSSR count). The molecule has 2 atom stereocenters. The van der Waals surface area contributed by atoms with E-state index in [9.17, 15) is 19.5 Å². The predicted octanol–water partition coefficient (Wildman–Crippen LogP) is 12.9. The topological polar surface area (TPSA) is 99.1 Å². The molecule has 0 heterocycles. The number of carboxylic acids is 1. The Balaban J connectivity index is 4.51. The predicted molar refractivity (Wildman–Crippen MR) is 252 cm³/mol. The van der Waals surface area contributed by atoms with Crippen LogP contribution in [0.3, 0.4) is 0 Å². The molecule has 0 amide bonds. The molecule has 0 fully saturated rings. The van der Waals surface area contributed by atoms with Crippen molar-refractivity contribution in [2.45, 2.75) is 161 Å². The van der Waals surface area contributed by atoms with E-state index in [0.29, 0.717) is 19.3 Å². The first-order valence-corrected chi connectivity index (χ1v) is 22.9. The van der Waals surface area contributed by atoms with E-state index in [1.165, 1.54) is 25.7 Å². The van der Waals surface area contributed by atoms with Crippen LogP contribution in [0.4, 0.5) is 0 Å². The van der Waals surface area contributed by atoms with Gasteiger partial charge in [0, 0.05) is 19.3 Å². The molecule has 0 aromatic heterocycles. The first-order chi connectivity index (χ1) is 29.1. The molecular formula is C52H84NO7+. The highest BCUT2D eigenvalue weighted by Gasteiger charge is 2.31. The first-order valence-electron chi connectivity index (χ1n) is 22.9. The minimum atomic E-state index is -0.893. The van der Waals surface area contributed by atoms with Crippen molar-refractivity contribution in [1.82, 2.24) is 0 Å². The molecule has 8 heteroatoms. The maximum Gasteiger partial charge on any atom is 0.362 e. The van der Waals surface area contributed by atoms with Gasteiger partial charge >= 0.3 is 17.9 Å². The van der Waals surface area contributed by atoms with E-state index < -0.39 is 18.1 Å². The number of quaternary nitrogens is 1. The van der Waals surface area contributed by atoms with Crippen molar-refractivity contribution in [3.05, 3.63) is 109 Å². The molecule has 2 unspecified atom stereocenters. The smallest absolute Gasteiger partial charge is 0.362 e. The van der Waals surface area contributed by atoms with E-state index in [1.807, 2.05) is 21.1 Å². The van der Waals surface area contributed by atoms with Gasteiger partial charge in [0.15, 0.2) is 12.1 Å². The van der Waals surface area contributed by atoms with Crippen molar-refractivity contribution in [2.24, 2.45) is 0 Å². The van der Waals surface area contributed by atoms with Crippen LogP contribution in [0.15, 0.2) is 109 Å². The number of carbonyl (C=O) groups excluding carboxylic acids is 2. The lowest BCUT2D eigenvalue weighted by Crippen LogP contribution is -2.50. The average molecular weight is 835 g/mol. The number of esters is 2. The summed E-state index contributed by atoms with van der Waals surface area (Å²) in [6, 6.07) is -0.636. The highest BCUT2D eigenvalue weighted by atomic mass is 16.6. The van der Waals surface area contributed by atoms with Gasteiger partial charge in [-0.1, -0.05) is 142 Å². The van der Waals surface area contributed by atoms with E-state index in [0.717, 1.165) is 77.0 Å². The van der Waals surface area contributed by atoms with Crippen LogP contribution in [0.25, 0.3) is 0 Å². The zero-order valence-corrected chi connectivity index (χ0v) is 38.4. The minimum absolute atomic E-state index is 0.0226. The number of nitrogens with zero attached hydrogens (tertiary/aromatic N) is 1. The summed E-state index contributed by atoms with van der Waals surface area (Å²) in [5.41, 5.74) is 0. The van der Waals surface area contributed by atoms with Crippen molar-refractivity contribution in [3.8, 4) is 0 Å². The van der Waals surface area contributed by atoms with Gasteiger partial charge < -0.3 is 23.8 Å². The van der Waals surface area contributed by atoms with Crippen LogP contribution in [0.2, 0.25) is 0 Å². The minimum Gasteiger partial charge on any atom is -0.477 e. The standard InChI is InChI=1S/C52H83NO7/c1-6-8-10-12-14-16-18-20-22-24-25-27-29-31-33-35-37-39-41-43-51(55)60-48(46-58-45-44-49(52(56)57)53(3,4)5)47-59-50(54)42-40-38-36-34-32-30-28-26-23-21-19-17-15-13-11-9-7-2/h8,10,14-17,20-23,25,27-28,30-31,33-34,36,48-49H,6-7,9,11-13,18-19,24,26,29,32,35,37-47H2,1-5H3/p+1/b10-8+,16-14+,17-15+,22-20+,23-21+,27-25+,30-28+,33-31+,36-34+. The summed E-state index contributed by atoms with van der Waals surface area (Å²) in [6.07, 6.45) is 57.1. The molecule has 0 spiro atoms. The Morgan fingerprint density at radius 3 is 1.40 bits per heavy atom. The average Bonchev–Trinajstić information content (AvgIpc) is 3.21. The molecule has 60 heavy (non-hydrogen) atoms. The summed E-state index contributed by atoms with van der Waals surface area (Å²) >= 11 is 0. The molecule has 0 saturated carbocycles. The van der Waals surface area contributed by atoms with Crippen LogP contribution >= 0.6 is 0 Å². The third-order valence-corrected chi connectivity index (χ3v) is 9.41. The molecule has 0 saturated heterocycles. The zero-order valence-electron chi connectivity index (χ0n) is 38.4. The number of carbonyl (C=O) groups is 3. The highest BCUT2D eigenvalue weighted by Crippen LogP contribution is 2.11. The van der Waals surface area contributed by atoms with E-state index in [-0.39, 0.29) is 49.1 Å².